The smallest absolute Gasteiger partial charge is 0.407 e. The van der Waals surface area contributed by atoms with Crippen LogP contribution in [0.15, 0.2) is 0 Å². The van der Waals surface area contributed by atoms with E-state index in [0.29, 0.717) is 6.42 Å². The molecule has 17 heavy (non-hydrogen) atoms. The van der Waals surface area contributed by atoms with Gasteiger partial charge in [-0.05, 0) is 32.6 Å². The van der Waals surface area contributed by atoms with Gasteiger partial charge in [-0.1, -0.05) is 13.8 Å². The number of carbonyl (C=O) groups excluding carboxylic acids is 1. The molecule has 0 aromatic rings. The number of hydrogen-bond acceptors (Lipinski definition) is 4. The molecule has 0 aliphatic carbocycles. The average Bonchev–Trinajstić information content (AvgIpc) is 2.13. The predicted molar refractivity (Wildman–Crippen MR) is 65.7 cm³/mol. The van der Waals surface area contributed by atoms with Gasteiger partial charge in [-0.25, -0.2) is 4.79 Å². The number of hydrogen-bond donors (Lipinski definition) is 3. The molecule has 0 rings (SSSR count). The quantitative estimate of drug-likeness (QED) is 0.684. The first-order valence-electron chi connectivity index (χ1n) is 5.81. The molecule has 0 radical (unpaired) electrons. The second-order valence-electron chi connectivity index (χ2n) is 6.05. The predicted octanol–water partition coefficient (Wildman–Crippen LogP) is 1.28. The summed E-state index contributed by atoms with van der Waals surface area (Å²) in [5.74, 6) is 0. The first kappa shape index (κ1) is 16.2. The lowest BCUT2D eigenvalue weighted by molar-refractivity contribution is 0.0442. The van der Waals surface area contributed by atoms with Gasteiger partial charge in [-0.2, -0.15) is 0 Å². The van der Waals surface area contributed by atoms with E-state index in [1.165, 1.54) is 0 Å². The SMILES string of the molecule is CC(C)(CO)CC(CO)NC(=O)OC(C)(C)C. The largest absolute Gasteiger partial charge is 0.444 e. The fourth-order valence-electron chi connectivity index (χ4n) is 1.37. The van der Waals surface area contributed by atoms with Crippen LogP contribution < -0.4 is 5.32 Å². The van der Waals surface area contributed by atoms with E-state index in [1.807, 2.05) is 13.8 Å². The second-order valence-corrected chi connectivity index (χ2v) is 6.05. The number of aliphatic hydroxyl groups excluding tert-OH is 2. The van der Waals surface area contributed by atoms with E-state index in [1.54, 1.807) is 20.8 Å². The molecule has 0 saturated heterocycles. The Morgan fingerprint density at radius 1 is 1.24 bits per heavy atom. The molecule has 5 heteroatoms. The van der Waals surface area contributed by atoms with Crippen molar-refractivity contribution >= 4 is 6.09 Å². The number of nitrogens with one attached hydrogen (secondary N) is 1. The molecule has 3 N–H and O–H groups in total. The first-order chi connectivity index (χ1) is 7.59. The Kier molecular flexibility index (Phi) is 5.92. The summed E-state index contributed by atoms with van der Waals surface area (Å²) in [6, 6.07) is -0.410. The van der Waals surface area contributed by atoms with Crippen molar-refractivity contribution in [3.63, 3.8) is 0 Å². The van der Waals surface area contributed by atoms with E-state index in [0.717, 1.165) is 0 Å². The van der Waals surface area contributed by atoms with E-state index >= 15 is 0 Å². The first-order valence-corrected chi connectivity index (χ1v) is 5.81. The summed E-state index contributed by atoms with van der Waals surface area (Å²) in [5, 5.41) is 20.9. The van der Waals surface area contributed by atoms with Crippen molar-refractivity contribution in [3.8, 4) is 0 Å². The average molecular weight is 247 g/mol. The zero-order valence-electron chi connectivity index (χ0n) is 11.4. The Labute approximate surface area is 103 Å². The van der Waals surface area contributed by atoms with E-state index in [4.69, 9.17) is 9.84 Å². The highest BCUT2D eigenvalue weighted by atomic mass is 16.6. The van der Waals surface area contributed by atoms with Crippen molar-refractivity contribution in [2.24, 2.45) is 5.41 Å². The van der Waals surface area contributed by atoms with Crippen LogP contribution >= 0.6 is 0 Å². The van der Waals surface area contributed by atoms with Crippen molar-refractivity contribution < 1.29 is 19.7 Å². The summed E-state index contributed by atoms with van der Waals surface area (Å²) >= 11 is 0. The maximum absolute atomic E-state index is 11.5. The van der Waals surface area contributed by atoms with Crippen molar-refractivity contribution in [1.29, 1.82) is 0 Å². The zero-order chi connectivity index (χ0) is 13.7. The Balaban J connectivity index is 4.27. The molecule has 102 valence electrons. The van der Waals surface area contributed by atoms with Crippen LogP contribution in [0.3, 0.4) is 0 Å². The van der Waals surface area contributed by atoms with Crippen molar-refractivity contribution in [3.05, 3.63) is 0 Å². The Morgan fingerprint density at radius 3 is 2.12 bits per heavy atom. The Morgan fingerprint density at radius 2 is 1.76 bits per heavy atom. The molecule has 0 aliphatic heterocycles. The fraction of sp³-hybridized carbons (Fsp3) is 0.917. The normalized spacial score (nSPS) is 14.3. The molecule has 1 amide bonds. The summed E-state index contributed by atoms with van der Waals surface area (Å²) in [6.07, 6.45) is -0.0653. The fourth-order valence-corrected chi connectivity index (χ4v) is 1.37. The summed E-state index contributed by atoms with van der Waals surface area (Å²) in [6.45, 7) is 8.88. The molecule has 1 unspecified atom stereocenters. The third-order valence-electron chi connectivity index (χ3n) is 2.17. The Hall–Kier alpha value is -0.810. The molecular weight excluding hydrogens is 222 g/mol. The van der Waals surface area contributed by atoms with Gasteiger partial charge in [-0.3, -0.25) is 0 Å². The summed E-state index contributed by atoms with van der Waals surface area (Å²) in [7, 11) is 0. The van der Waals surface area contributed by atoms with Gasteiger partial charge in [0, 0.05) is 6.61 Å². The summed E-state index contributed by atoms with van der Waals surface area (Å²) in [4.78, 5) is 11.5. The lowest BCUT2D eigenvalue weighted by atomic mass is 9.87. The van der Waals surface area contributed by atoms with Gasteiger partial charge in [0.2, 0.25) is 0 Å². The minimum atomic E-state index is -0.559. The van der Waals surface area contributed by atoms with Crippen LogP contribution in [0.2, 0.25) is 0 Å². The molecular formula is C12H25NO4. The highest BCUT2D eigenvalue weighted by Gasteiger charge is 2.25. The molecule has 0 aromatic heterocycles. The third-order valence-corrected chi connectivity index (χ3v) is 2.17. The topological polar surface area (TPSA) is 78.8 Å². The van der Waals surface area contributed by atoms with E-state index in [2.05, 4.69) is 5.32 Å². The van der Waals surface area contributed by atoms with Crippen LogP contribution in [0.5, 0.6) is 0 Å². The van der Waals surface area contributed by atoms with Crippen LogP contribution in [0.1, 0.15) is 41.0 Å². The van der Waals surface area contributed by atoms with Crippen LogP contribution in [0, 0.1) is 5.41 Å². The monoisotopic (exact) mass is 247 g/mol. The van der Waals surface area contributed by atoms with E-state index in [-0.39, 0.29) is 18.6 Å². The van der Waals surface area contributed by atoms with Crippen molar-refractivity contribution in [2.75, 3.05) is 13.2 Å². The maximum Gasteiger partial charge on any atom is 0.407 e. The number of rotatable bonds is 5. The van der Waals surface area contributed by atoms with E-state index in [9.17, 15) is 9.90 Å². The third kappa shape index (κ3) is 7.99. The summed E-state index contributed by atoms with van der Waals surface area (Å²) < 4.78 is 5.09. The molecule has 0 aromatic carbocycles. The van der Waals surface area contributed by atoms with Crippen LogP contribution in [0.4, 0.5) is 4.79 Å². The van der Waals surface area contributed by atoms with Crippen molar-refractivity contribution in [1.82, 2.24) is 5.32 Å². The minimum Gasteiger partial charge on any atom is -0.444 e. The van der Waals surface area contributed by atoms with Gasteiger partial charge < -0.3 is 20.3 Å². The molecule has 0 bridgehead atoms. The molecule has 0 aliphatic rings. The number of aliphatic hydroxyl groups is 2. The number of ether oxygens (including phenoxy) is 1. The van der Waals surface area contributed by atoms with Crippen LogP contribution in [0.25, 0.3) is 0 Å². The summed E-state index contributed by atoms with van der Waals surface area (Å²) in [5.41, 5.74) is -0.904. The van der Waals surface area contributed by atoms with Crippen LogP contribution in [-0.2, 0) is 4.74 Å². The molecule has 0 spiro atoms. The number of alkyl carbamates (subject to hydrolysis) is 1. The number of carbonyl (C=O) groups is 1. The second kappa shape index (κ2) is 6.21. The van der Waals surface area contributed by atoms with Gasteiger partial charge in [0.15, 0.2) is 0 Å². The number of amides is 1. The minimum absolute atomic E-state index is 0.000498. The molecule has 0 saturated carbocycles. The molecule has 1 atom stereocenters. The van der Waals surface area contributed by atoms with Crippen LogP contribution in [-0.4, -0.2) is 41.2 Å². The van der Waals surface area contributed by atoms with Gasteiger partial charge >= 0.3 is 6.09 Å². The highest BCUT2D eigenvalue weighted by molar-refractivity contribution is 5.68. The molecule has 0 fully saturated rings. The van der Waals surface area contributed by atoms with Gasteiger partial charge in [0.1, 0.15) is 5.60 Å². The zero-order valence-corrected chi connectivity index (χ0v) is 11.4. The van der Waals surface area contributed by atoms with Gasteiger partial charge in [0.25, 0.3) is 0 Å². The maximum atomic E-state index is 11.5. The Bertz CT molecular complexity index is 245. The van der Waals surface area contributed by atoms with Gasteiger partial charge in [0.05, 0.1) is 12.6 Å². The lowest BCUT2D eigenvalue weighted by Gasteiger charge is -2.28. The lowest BCUT2D eigenvalue weighted by Crippen LogP contribution is -2.43. The standard InChI is InChI=1S/C12H25NO4/c1-11(2,3)17-10(16)13-9(7-14)6-12(4,5)8-15/h9,14-15H,6-8H2,1-5H3,(H,13,16). The van der Waals surface area contributed by atoms with E-state index < -0.39 is 17.7 Å². The molecule has 5 nitrogen and oxygen atoms in total. The highest BCUT2D eigenvalue weighted by Crippen LogP contribution is 2.21. The molecule has 0 heterocycles. The van der Waals surface area contributed by atoms with Crippen molar-refractivity contribution in [2.45, 2.75) is 52.7 Å². The van der Waals surface area contributed by atoms with Gasteiger partial charge in [-0.15, -0.1) is 0 Å².